The van der Waals surface area contributed by atoms with Crippen LogP contribution in [0.5, 0.6) is 0 Å². The predicted molar refractivity (Wildman–Crippen MR) is 78.7 cm³/mol. The van der Waals surface area contributed by atoms with E-state index in [2.05, 4.69) is 18.6 Å². The summed E-state index contributed by atoms with van der Waals surface area (Å²) >= 11 is 0. The van der Waals surface area contributed by atoms with Gasteiger partial charge in [0, 0.05) is 19.3 Å². The maximum atomic E-state index is 12.4. The molecule has 0 bridgehead atoms. The topological polar surface area (TPSA) is 88.4 Å². The van der Waals surface area contributed by atoms with Gasteiger partial charge in [0.05, 0.1) is 0 Å². The van der Waals surface area contributed by atoms with Crippen molar-refractivity contribution >= 4 is 16.0 Å². The maximum Gasteiger partial charge on any atom is 0.352 e. The quantitative estimate of drug-likeness (QED) is 0.868. The second-order valence-electron chi connectivity index (χ2n) is 5.81. The van der Waals surface area contributed by atoms with E-state index in [-0.39, 0.29) is 16.6 Å². The summed E-state index contributed by atoms with van der Waals surface area (Å²) in [7, 11) is -2.16. The number of sulfonamides is 1. The number of rotatable bonds is 5. The van der Waals surface area contributed by atoms with Gasteiger partial charge in [-0.1, -0.05) is 20.3 Å². The number of aromatic carboxylic acids is 1. The Morgan fingerprint density at radius 3 is 2.62 bits per heavy atom. The van der Waals surface area contributed by atoms with Crippen molar-refractivity contribution in [2.75, 3.05) is 0 Å². The van der Waals surface area contributed by atoms with Gasteiger partial charge in [-0.15, -0.1) is 0 Å². The van der Waals surface area contributed by atoms with Gasteiger partial charge in [0.15, 0.2) is 0 Å². The van der Waals surface area contributed by atoms with Crippen molar-refractivity contribution in [3.05, 3.63) is 18.0 Å². The molecule has 0 radical (unpaired) electrons. The molecule has 1 aromatic heterocycles. The van der Waals surface area contributed by atoms with Crippen molar-refractivity contribution in [1.82, 2.24) is 9.29 Å². The number of carbonyl (C=O) groups is 1. The first-order valence-corrected chi connectivity index (χ1v) is 8.66. The van der Waals surface area contributed by atoms with E-state index in [0.29, 0.717) is 11.8 Å². The van der Waals surface area contributed by atoms with Crippen LogP contribution in [0.4, 0.5) is 0 Å². The lowest BCUT2D eigenvalue weighted by molar-refractivity contribution is 0.0686. The van der Waals surface area contributed by atoms with Gasteiger partial charge in [-0.2, -0.15) is 0 Å². The molecule has 1 aliphatic rings. The van der Waals surface area contributed by atoms with Gasteiger partial charge >= 0.3 is 5.97 Å². The van der Waals surface area contributed by atoms with Crippen LogP contribution in [-0.4, -0.2) is 30.1 Å². The zero-order valence-electron chi connectivity index (χ0n) is 12.5. The summed E-state index contributed by atoms with van der Waals surface area (Å²) in [6, 6.07) is 1.12. The standard InChI is InChI=1S/C14H22N2O4S/c1-4-10-5-6-12(9(10)2)15-21(19,20)11-7-13(14(17)18)16(3)8-11/h7-10,12,15H,4-6H2,1-3H3,(H,17,18). The number of hydrogen-bond acceptors (Lipinski definition) is 3. The lowest BCUT2D eigenvalue weighted by Gasteiger charge is -2.20. The molecule has 0 aliphatic heterocycles. The monoisotopic (exact) mass is 314 g/mol. The molecule has 118 valence electrons. The fourth-order valence-electron chi connectivity index (χ4n) is 3.15. The first-order valence-electron chi connectivity index (χ1n) is 7.18. The first kappa shape index (κ1) is 16.0. The number of hydrogen-bond donors (Lipinski definition) is 2. The van der Waals surface area contributed by atoms with Crippen LogP contribution in [0, 0.1) is 11.8 Å². The third kappa shape index (κ3) is 3.13. The highest BCUT2D eigenvalue weighted by Crippen LogP contribution is 2.34. The molecule has 0 saturated heterocycles. The average Bonchev–Trinajstić information content (AvgIpc) is 2.94. The van der Waals surface area contributed by atoms with Gasteiger partial charge in [-0.25, -0.2) is 17.9 Å². The third-order valence-corrected chi connectivity index (χ3v) is 6.02. The minimum Gasteiger partial charge on any atom is -0.477 e. The molecule has 0 spiro atoms. The predicted octanol–water partition coefficient (Wildman–Crippen LogP) is 1.83. The Bertz CT molecular complexity index is 635. The summed E-state index contributed by atoms with van der Waals surface area (Å²) in [6.07, 6.45) is 4.24. The molecular weight excluding hydrogens is 292 g/mol. The SMILES string of the molecule is CCC1CCC(NS(=O)(=O)c2cc(C(=O)O)n(C)c2)C1C. The van der Waals surface area contributed by atoms with Crippen LogP contribution in [0.3, 0.4) is 0 Å². The molecule has 1 aromatic rings. The Kier molecular flexibility index (Phi) is 4.43. The van der Waals surface area contributed by atoms with E-state index in [9.17, 15) is 13.2 Å². The highest BCUT2D eigenvalue weighted by molar-refractivity contribution is 7.89. The van der Waals surface area contributed by atoms with Crippen LogP contribution < -0.4 is 4.72 Å². The molecule has 3 unspecified atom stereocenters. The van der Waals surface area contributed by atoms with E-state index in [0.717, 1.165) is 19.3 Å². The van der Waals surface area contributed by atoms with Crippen LogP contribution in [0.2, 0.25) is 0 Å². The van der Waals surface area contributed by atoms with E-state index in [4.69, 9.17) is 5.11 Å². The van der Waals surface area contributed by atoms with Gasteiger partial charge in [-0.05, 0) is 30.7 Å². The normalized spacial score (nSPS) is 26.1. The summed E-state index contributed by atoms with van der Waals surface area (Å²) in [5.74, 6) is -0.297. The molecule has 1 aliphatic carbocycles. The van der Waals surface area contributed by atoms with Crippen molar-refractivity contribution < 1.29 is 18.3 Å². The molecule has 2 N–H and O–H groups in total. The van der Waals surface area contributed by atoms with Gasteiger partial charge in [0.2, 0.25) is 10.0 Å². The van der Waals surface area contributed by atoms with Crippen molar-refractivity contribution in [2.24, 2.45) is 18.9 Å². The number of aromatic nitrogens is 1. The molecule has 2 rings (SSSR count). The smallest absolute Gasteiger partial charge is 0.352 e. The van der Waals surface area contributed by atoms with Crippen molar-refractivity contribution in [3.8, 4) is 0 Å². The van der Waals surface area contributed by atoms with E-state index in [1.54, 1.807) is 0 Å². The summed E-state index contributed by atoms with van der Waals surface area (Å²) in [4.78, 5) is 11.0. The van der Waals surface area contributed by atoms with Gasteiger partial charge < -0.3 is 9.67 Å². The van der Waals surface area contributed by atoms with Crippen LogP contribution in [-0.2, 0) is 17.1 Å². The molecule has 7 heteroatoms. The Labute approximate surface area is 125 Å². The van der Waals surface area contributed by atoms with E-state index in [1.165, 1.54) is 23.9 Å². The molecular formula is C14H22N2O4S. The largest absolute Gasteiger partial charge is 0.477 e. The Morgan fingerprint density at radius 1 is 1.48 bits per heavy atom. The molecule has 3 atom stereocenters. The molecule has 21 heavy (non-hydrogen) atoms. The lowest BCUT2D eigenvalue weighted by atomic mass is 9.94. The summed E-state index contributed by atoms with van der Waals surface area (Å²) in [6.45, 7) is 4.19. The molecule has 1 heterocycles. The van der Waals surface area contributed by atoms with Crippen molar-refractivity contribution in [1.29, 1.82) is 0 Å². The summed E-state index contributed by atoms with van der Waals surface area (Å²) < 4.78 is 28.8. The zero-order valence-corrected chi connectivity index (χ0v) is 13.4. The third-order valence-electron chi connectivity index (χ3n) is 4.57. The van der Waals surface area contributed by atoms with Crippen molar-refractivity contribution in [2.45, 2.75) is 44.0 Å². The van der Waals surface area contributed by atoms with Crippen molar-refractivity contribution in [3.63, 3.8) is 0 Å². The minimum absolute atomic E-state index is 0.00884. The molecule has 1 saturated carbocycles. The van der Waals surface area contributed by atoms with Gasteiger partial charge in [0.1, 0.15) is 10.6 Å². The number of carboxylic acid groups (broad SMARTS) is 1. The van der Waals surface area contributed by atoms with E-state index >= 15 is 0 Å². The fraction of sp³-hybridized carbons (Fsp3) is 0.643. The number of carboxylic acids is 1. The first-order chi connectivity index (χ1) is 9.76. The van der Waals surface area contributed by atoms with Crippen LogP contribution in [0.25, 0.3) is 0 Å². The zero-order chi connectivity index (χ0) is 15.8. The maximum absolute atomic E-state index is 12.4. The average molecular weight is 314 g/mol. The lowest BCUT2D eigenvalue weighted by Crippen LogP contribution is -2.37. The number of aryl methyl sites for hydroxylation is 1. The highest BCUT2D eigenvalue weighted by Gasteiger charge is 2.34. The number of nitrogens with zero attached hydrogens (tertiary/aromatic N) is 1. The minimum atomic E-state index is -3.68. The Morgan fingerprint density at radius 2 is 2.14 bits per heavy atom. The van der Waals surface area contributed by atoms with Crippen LogP contribution in [0.15, 0.2) is 17.2 Å². The Hall–Kier alpha value is -1.34. The Balaban J connectivity index is 2.20. The molecule has 6 nitrogen and oxygen atoms in total. The molecule has 0 aromatic carbocycles. The van der Waals surface area contributed by atoms with Gasteiger partial charge in [0.25, 0.3) is 0 Å². The summed E-state index contributed by atoms with van der Waals surface area (Å²) in [5, 5.41) is 9.00. The van der Waals surface area contributed by atoms with E-state index in [1.807, 2.05) is 0 Å². The second kappa shape index (κ2) is 5.81. The van der Waals surface area contributed by atoms with Crippen LogP contribution in [0.1, 0.15) is 43.6 Å². The second-order valence-corrected chi connectivity index (χ2v) is 7.52. The molecule has 0 amide bonds. The molecule has 1 fully saturated rings. The van der Waals surface area contributed by atoms with Gasteiger partial charge in [-0.3, -0.25) is 0 Å². The number of nitrogens with one attached hydrogen (secondary N) is 1. The van der Waals surface area contributed by atoms with Crippen LogP contribution >= 0.6 is 0 Å². The highest BCUT2D eigenvalue weighted by atomic mass is 32.2. The van der Waals surface area contributed by atoms with E-state index < -0.39 is 16.0 Å². The fourth-order valence-corrected chi connectivity index (χ4v) is 4.58. The summed E-state index contributed by atoms with van der Waals surface area (Å²) in [5.41, 5.74) is -0.0405.